The summed E-state index contributed by atoms with van der Waals surface area (Å²) in [6.07, 6.45) is 7.93. The average molecular weight is 272 g/mol. The van der Waals surface area contributed by atoms with Gasteiger partial charge < -0.3 is 5.32 Å². The largest absolute Gasteiger partial charge is 0.314 e. The molecule has 1 heterocycles. The molecule has 1 saturated carbocycles. The molecule has 2 rings (SSSR count). The van der Waals surface area contributed by atoms with Crippen molar-refractivity contribution < 1.29 is 0 Å². The van der Waals surface area contributed by atoms with Crippen molar-refractivity contribution in [2.75, 3.05) is 6.54 Å². The molecule has 1 nitrogen and oxygen atoms in total. The van der Waals surface area contributed by atoms with Crippen molar-refractivity contribution in [1.29, 1.82) is 0 Å². The zero-order chi connectivity index (χ0) is 12.1. The minimum atomic E-state index is 0.711. The lowest BCUT2D eigenvalue weighted by Gasteiger charge is -2.20. The van der Waals surface area contributed by atoms with Crippen LogP contribution in [0.15, 0.2) is 12.1 Å². The molecular weight excluding hydrogens is 250 g/mol. The molecule has 0 radical (unpaired) electrons. The Morgan fingerprint density at radius 2 is 2.18 bits per heavy atom. The molecule has 1 fully saturated rings. The molecule has 0 spiro atoms. The fraction of sp³-hybridized carbons (Fsp3) is 0.714. The normalized spacial score (nSPS) is 25.8. The Hall–Kier alpha value is -0.0500. The van der Waals surface area contributed by atoms with Crippen LogP contribution in [0.5, 0.6) is 0 Å². The summed E-state index contributed by atoms with van der Waals surface area (Å²) < 4.78 is 0.933. The number of rotatable bonds is 4. The van der Waals surface area contributed by atoms with Crippen molar-refractivity contribution in [3.8, 4) is 0 Å². The molecule has 17 heavy (non-hydrogen) atoms. The lowest BCUT2D eigenvalue weighted by molar-refractivity contribution is 0.441. The van der Waals surface area contributed by atoms with Crippen molar-refractivity contribution in [2.24, 2.45) is 0 Å². The molecule has 3 heteroatoms. The molecule has 0 amide bonds. The van der Waals surface area contributed by atoms with Crippen molar-refractivity contribution in [3.05, 3.63) is 21.3 Å². The molecule has 1 aliphatic carbocycles. The van der Waals surface area contributed by atoms with Crippen LogP contribution >= 0.6 is 22.9 Å². The van der Waals surface area contributed by atoms with Crippen LogP contribution in [-0.2, 0) is 0 Å². The third kappa shape index (κ3) is 3.97. The summed E-state index contributed by atoms with van der Waals surface area (Å²) >= 11 is 7.81. The second kappa shape index (κ2) is 6.77. The highest BCUT2D eigenvalue weighted by molar-refractivity contribution is 7.16. The maximum absolute atomic E-state index is 6.04. The van der Waals surface area contributed by atoms with Gasteiger partial charge in [-0.3, -0.25) is 0 Å². The Balaban J connectivity index is 1.96. The van der Waals surface area contributed by atoms with Gasteiger partial charge in [-0.25, -0.2) is 0 Å². The average Bonchev–Trinajstić information content (AvgIpc) is 2.63. The quantitative estimate of drug-likeness (QED) is 0.775. The van der Waals surface area contributed by atoms with E-state index in [1.54, 1.807) is 11.3 Å². The molecule has 96 valence electrons. The number of thiophene rings is 1. The molecule has 1 aromatic heterocycles. The summed E-state index contributed by atoms with van der Waals surface area (Å²) in [6.45, 7) is 3.39. The van der Waals surface area contributed by atoms with E-state index in [0.717, 1.165) is 16.8 Å². The molecule has 2 atom stereocenters. The molecule has 1 aliphatic rings. The van der Waals surface area contributed by atoms with Gasteiger partial charge in [0.05, 0.1) is 4.34 Å². The highest BCUT2D eigenvalue weighted by atomic mass is 35.5. The molecule has 0 aromatic carbocycles. The van der Waals surface area contributed by atoms with Gasteiger partial charge in [-0.05, 0) is 50.3 Å². The number of nitrogens with one attached hydrogen (secondary N) is 1. The Kier molecular flexibility index (Phi) is 5.33. The summed E-state index contributed by atoms with van der Waals surface area (Å²) in [5.41, 5.74) is 0. The van der Waals surface area contributed by atoms with E-state index in [1.807, 2.05) is 6.07 Å². The van der Waals surface area contributed by atoms with Crippen LogP contribution in [0.2, 0.25) is 4.34 Å². The molecule has 1 aromatic rings. The van der Waals surface area contributed by atoms with Crippen LogP contribution in [0.3, 0.4) is 0 Å². The SMILES string of the molecule is CCCNC1CCCCC(c2ccc(Cl)s2)C1. The summed E-state index contributed by atoms with van der Waals surface area (Å²) in [4.78, 5) is 1.49. The molecule has 0 saturated heterocycles. The van der Waals surface area contributed by atoms with E-state index < -0.39 is 0 Å². The second-order valence-electron chi connectivity index (χ2n) is 5.01. The maximum Gasteiger partial charge on any atom is 0.0931 e. The monoisotopic (exact) mass is 271 g/mol. The third-order valence-electron chi connectivity index (χ3n) is 3.60. The Morgan fingerprint density at radius 3 is 2.88 bits per heavy atom. The molecular formula is C14H22ClNS. The van der Waals surface area contributed by atoms with Gasteiger partial charge in [0.1, 0.15) is 0 Å². The minimum absolute atomic E-state index is 0.711. The molecule has 2 unspecified atom stereocenters. The minimum Gasteiger partial charge on any atom is -0.314 e. The smallest absolute Gasteiger partial charge is 0.0931 e. The van der Waals surface area contributed by atoms with Gasteiger partial charge in [0.15, 0.2) is 0 Å². The zero-order valence-corrected chi connectivity index (χ0v) is 12.1. The predicted octanol–water partition coefficient (Wildman–Crippen LogP) is 4.82. The first-order valence-electron chi connectivity index (χ1n) is 6.78. The van der Waals surface area contributed by atoms with Crippen LogP contribution in [0.25, 0.3) is 0 Å². The fourth-order valence-corrected chi connectivity index (χ4v) is 3.91. The van der Waals surface area contributed by atoms with E-state index in [0.29, 0.717) is 6.04 Å². The lowest BCUT2D eigenvalue weighted by atomic mass is 9.96. The second-order valence-corrected chi connectivity index (χ2v) is 6.76. The summed E-state index contributed by atoms with van der Waals surface area (Å²) in [7, 11) is 0. The Labute approximate surface area is 114 Å². The van der Waals surface area contributed by atoms with E-state index in [2.05, 4.69) is 18.3 Å². The predicted molar refractivity (Wildman–Crippen MR) is 77.2 cm³/mol. The van der Waals surface area contributed by atoms with E-state index in [4.69, 9.17) is 11.6 Å². The molecule has 0 aliphatic heterocycles. The summed E-state index contributed by atoms with van der Waals surface area (Å²) in [5.74, 6) is 0.726. The number of hydrogen-bond donors (Lipinski definition) is 1. The Bertz CT molecular complexity index is 337. The van der Waals surface area contributed by atoms with Crippen LogP contribution in [-0.4, -0.2) is 12.6 Å². The molecule has 1 N–H and O–H groups in total. The zero-order valence-electron chi connectivity index (χ0n) is 10.5. The third-order valence-corrected chi connectivity index (χ3v) is 5.00. The number of halogens is 1. The van der Waals surface area contributed by atoms with E-state index in [-0.39, 0.29) is 0 Å². The number of hydrogen-bond acceptors (Lipinski definition) is 2. The van der Waals surface area contributed by atoms with Crippen molar-refractivity contribution >= 4 is 22.9 Å². The van der Waals surface area contributed by atoms with E-state index >= 15 is 0 Å². The lowest BCUT2D eigenvalue weighted by Crippen LogP contribution is -2.30. The van der Waals surface area contributed by atoms with Crippen molar-refractivity contribution in [2.45, 2.75) is 57.4 Å². The maximum atomic E-state index is 6.04. The van der Waals surface area contributed by atoms with Crippen LogP contribution in [0.1, 0.15) is 56.2 Å². The van der Waals surface area contributed by atoms with Gasteiger partial charge in [0, 0.05) is 10.9 Å². The van der Waals surface area contributed by atoms with Crippen LogP contribution in [0.4, 0.5) is 0 Å². The summed E-state index contributed by atoms with van der Waals surface area (Å²) in [6, 6.07) is 4.98. The van der Waals surface area contributed by atoms with E-state index in [1.165, 1.54) is 43.4 Å². The Morgan fingerprint density at radius 1 is 1.35 bits per heavy atom. The van der Waals surface area contributed by atoms with Gasteiger partial charge >= 0.3 is 0 Å². The standard InChI is InChI=1S/C14H22ClNS/c1-2-9-16-12-6-4-3-5-11(10-12)13-7-8-14(15)17-13/h7-8,11-12,16H,2-6,9-10H2,1H3. The van der Waals surface area contributed by atoms with Gasteiger partial charge in [-0.15, -0.1) is 11.3 Å². The topological polar surface area (TPSA) is 12.0 Å². The highest BCUT2D eigenvalue weighted by Crippen LogP contribution is 2.36. The molecule has 0 bridgehead atoms. The van der Waals surface area contributed by atoms with Crippen LogP contribution in [0, 0.1) is 0 Å². The highest BCUT2D eigenvalue weighted by Gasteiger charge is 2.22. The first kappa shape index (κ1) is 13.4. The van der Waals surface area contributed by atoms with Gasteiger partial charge in [-0.2, -0.15) is 0 Å². The van der Waals surface area contributed by atoms with Crippen molar-refractivity contribution in [1.82, 2.24) is 5.32 Å². The fourth-order valence-electron chi connectivity index (χ4n) is 2.70. The van der Waals surface area contributed by atoms with Crippen LogP contribution < -0.4 is 5.32 Å². The van der Waals surface area contributed by atoms with E-state index in [9.17, 15) is 0 Å². The van der Waals surface area contributed by atoms with Gasteiger partial charge in [0.25, 0.3) is 0 Å². The first-order valence-corrected chi connectivity index (χ1v) is 7.97. The van der Waals surface area contributed by atoms with Crippen molar-refractivity contribution in [3.63, 3.8) is 0 Å². The van der Waals surface area contributed by atoms with Gasteiger partial charge in [0.2, 0.25) is 0 Å². The summed E-state index contributed by atoms with van der Waals surface area (Å²) in [5, 5.41) is 3.69. The first-order chi connectivity index (χ1) is 8.29. The van der Waals surface area contributed by atoms with Gasteiger partial charge in [-0.1, -0.05) is 31.4 Å².